The van der Waals surface area contributed by atoms with Crippen molar-refractivity contribution < 1.29 is 9.59 Å². The number of amides is 1. The lowest BCUT2D eigenvalue weighted by Gasteiger charge is -2.20. The van der Waals surface area contributed by atoms with E-state index in [9.17, 15) is 9.59 Å². The van der Waals surface area contributed by atoms with Gasteiger partial charge in [0.05, 0.1) is 12.1 Å². The number of rotatable bonds is 8. The summed E-state index contributed by atoms with van der Waals surface area (Å²) in [5.41, 5.74) is 11.1. The highest BCUT2D eigenvalue weighted by Gasteiger charge is 2.23. The molecule has 5 nitrogen and oxygen atoms in total. The normalized spacial score (nSPS) is 14.5. The monoisotopic (exact) mass is 261 g/mol. The summed E-state index contributed by atoms with van der Waals surface area (Å²) < 4.78 is 0. The van der Waals surface area contributed by atoms with Gasteiger partial charge < -0.3 is 16.8 Å². The molecule has 0 spiro atoms. The zero-order valence-electron chi connectivity index (χ0n) is 10.5. The summed E-state index contributed by atoms with van der Waals surface area (Å²) in [5.74, 6) is -0.269. The van der Waals surface area contributed by atoms with Gasteiger partial charge in [-0.3, -0.25) is 9.59 Å². The molecule has 0 saturated heterocycles. The van der Waals surface area contributed by atoms with Crippen LogP contribution >= 0.6 is 12.6 Å². The summed E-state index contributed by atoms with van der Waals surface area (Å²) in [5, 5.41) is 2.28. The molecule has 100 valence electrons. The van der Waals surface area contributed by atoms with Crippen LogP contribution in [0, 0.1) is 5.92 Å². The van der Waals surface area contributed by atoms with Crippen LogP contribution in [0.15, 0.2) is 0 Å². The molecule has 0 fully saturated rings. The van der Waals surface area contributed by atoms with Gasteiger partial charge in [-0.25, -0.2) is 0 Å². The van der Waals surface area contributed by atoms with Crippen molar-refractivity contribution in [3.8, 4) is 0 Å². The number of hydrogen-bond acceptors (Lipinski definition) is 4. The van der Waals surface area contributed by atoms with E-state index in [4.69, 9.17) is 11.5 Å². The fourth-order valence-corrected chi connectivity index (χ4v) is 1.51. The molecule has 0 unspecified atom stereocenters. The molecule has 0 saturated carbocycles. The molecule has 1 amide bonds. The first-order chi connectivity index (χ1) is 7.90. The third-order valence-corrected chi connectivity index (χ3v) is 2.89. The summed E-state index contributed by atoms with van der Waals surface area (Å²) in [6.07, 6.45) is 2.16. The number of unbranched alkanes of at least 4 members (excludes halogenated alkanes) is 1. The smallest absolute Gasteiger partial charge is 0.237 e. The van der Waals surface area contributed by atoms with Gasteiger partial charge >= 0.3 is 0 Å². The first kappa shape index (κ1) is 16.4. The van der Waals surface area contributed by atoms with Crippen LogP contribution in [0.3, 0.4) is 0 Å². The van der Waals surface area contributed by atoms with Crippen molar-refractivity contribution in [1.29, 1.82) is 0 Å². The van der Waals surface area contributed by atoms with Crippen molar-refractivity contribution in [3.63, 3.8) is 0 Å². The third-order valence-electron chi connectivity index (χ3n) is 2.58. The number of nitrogens with one attached hydrogen (secondary N) is 1. The van der Waals surface area contributed by atoms with Gasteiger partial charge in [0.25, 0.3) is 0 Å². The van der Waals surface area contributed by atoms with Crippen LogP contribution in [0.2, 0.25) is 0 Å². The van der Waals surface area contributed by atoms with Gasteiger partial charge in [-0.2, -0.15) is 0 Å². The SMILES string of the molecule is CC(C)[C@H](N)C(=O)N[C@@H](CCCCN)C(=O)S. The average molecular weight is 261 g/mol. The molecule has 6 heteroatoms. The molecule has 0 aliphatic rings. The van der Waals surface area contributed by atoms with E-state index in [0.29, 0.717) is 13.0 Å². The van der Waals surface area contributed by atoms with Gasteiger partial charge in [-0.05, 0) is 31.7 Å². The molecule has 0 aliphatic carbocycles. The van der Waals surface area contributed by atoms with Crippen molar-refractivity contribution in [1.82, 2.24) is 5.32 Å². The fraction of sp³-hybridized carbons (Fsp3) is 0.818. The van der Waals surface area contributed by atoms with E-state index in [1.165, 1.54) is 0 Å². The van der Waals surface area contributed by atoms with Gasteiger partial charge in [-0.1, -0.05) is 13.8 Å². The summed E-state index contributed by atoms with van der Waals surface area (Å²) in [6, 6.07) is -1.16. The largest absolute Gasteiger partial charge is 0.344 e. The van der Waals surface area contributed by atoms with Crippen LogP contribution in [-0.2, 0) is 9.59 Å². The summed E-state index contributed by atoms with van der Waals surface area (Å²) in [4.78, 5) is 22.9. The Kier molecular flexibility index (Phi) is 8.20. The maximum Gasteiger partial charge on any atom is 0.237 e. The molecular formula is C11H23N3O2S. The predicted octanol–water partition coefficient (Wildman–Crippen LogP) is 0.0399. The molecule has 0 aliphatic heterocycles. The third kappa shape index (κ3) is 6.65. The molecule has 0 aromatic heterocycles. The van der Waals surface area contributed by atoms with Gasteiger partial charge in [0.1, 0.15) is 0 Å². The molecule has 0 bridgehead atoms. The Labute approximate surface area is 108 Å². The molecular weight excluding hydrogens is 238 g/mol. The Morgan fingerprint density at radius 3 is 2.29 bits per heavy atom. The van der Waals surface area contributed by atoms with Crippen LogP contribution < -0.4 is 16.8 Å². The second-order valence-electron chi connectivity index (χ2n) is 4.45. The van der Waals surface area contributed by atoms with E-state index in [-0.39, 0.29) is 16.9 Å². The lowest BCUT2D eigenvalue weighted by molar-refractivity contribution is -0.126. The Hall–Kier alpha value is -0.590. The first-order valence-corrected chi connectivity index (χ1v) is 6.33. The number of carbonyl (C=O) groups is 2. The minimum atomic E-state index is -0.598. The van der Waals surface area contributed by atoms with Crippen molar-refractivity contribution in [2.24, 2.45) is 17.4 Å². The summed E-state index contributed by atoms with van der Waals surface area (Å²) in [7, 11) is 0. The summed E-state index contributed by atoms with van der Waals surface area (Å²) in [6.45, 7) is 4.29. The van der Waals surface area contributed by atoms with E-state index in [1.54, 1.807) is 0 Å². The molecule has 0 heterocycles. The number of carbonyl (C=O) groups excluding carboxylic acids is 2. The van der Waals surface area contributed by atoms with E-state index in [2.05, 4.69) is 17.9 Å². The lowest BCUT2D eigenvalue weighted by atomic mass is 10.0. The Morgan fingerprint density at radius 2 is 1.88 bits per heavy atom. The average Bonchev–Trinajstić information content (AvgIpc) is 2.26. The minimum Gasteiger partial charge on any atom is -0.344 e. The maximum atomic E-state index is 11.7. The Balaban J connectivity index is 4.25. The topological polar surface area (TPSA) is 98.2 Å². The zero-order chi connectivity index (χ0) is 13.4. The van der Waals surface area contributed by atoms with Crippen molar-refractivity contribution in [3.05, 3.63) is 0 Å². The predicted molar refractivity (Wildman–Crippen MR) is 71.6 cm³/mol. The highest BCUT2D eigenvalue weighted by atomic mass is 32.1. The quantitative estimate of drug-likeness (QED) is 0.366. The summed E-state index contributed by atoms with van der Waals surface area (Å²) >= 11 is 3.76. The number of hydrogen-bond donors (Lipinski definition) is 4. The second kappa shape index (κ2) is 8.49. The molecule has 2 atom stereocenters. The Morgan fingerprint density at radius 1 is 1.29 bits per heavy atom. The van der Waals surface area contributed by atoms with Crippen molar-refractivity contribution in [2.75, 3.05) is 6.54 Å². The zero-order valence-corrected chi connectivity index (χ0v) is 11.4. The first-order valence-electron chi connectivity index (χ1n) is 5.89. The lowest BCUT2D eigenvalue weighted by Crippen LogP contribution is -2.49. The molecule has 0 aromatic rings. The minimum absolute atomic E-state index is 0.0368. The van der Waals surface area contributed by atoms with Gasteiger partial charge in [-0.15, -0.1) is 12.6 Å². The highest BCUT2D eigenvalue weighted by molar-refractivity contribution is 7.96. The van der Waals surface area contributed by atoms with Crippen molar-refractivity contribution >= 4 is 23.7 Å². The van der Waals surface area contributed by atoms with E-state index in [1.807, 2.05) is 13.8 Å². The molecule has 0 aromatic carbocycles. The van der Waals surface area contributed by atoms with Crippen molar-refractivity contribution in [2.45, 2.75) is 45.2 Å². The molecule has 5 N–H and O–H groups in total. The molecule has 17 heavy (non-hydrogen) atoms. The van der Waals surface area contributed by atoms with E-state index < -0.39 is 12.1 Å². The van der Waals surface area contributed by atoms with Crippen LogP contribution in [0.4, 0.5) is 0 Å². The van der Waals surface area contributed by atoms with Gasteiger partial charge in [0, 0.05) is 0 Å². The van der Waals surface area contributed by atoms with Gasteiger partial charge in [0.2, 0.25) is 11.0 Å². The maximum absolute atomic E-state index is 11.7. The number of thiol groups is 1. The van der Waals surface area contributed by atoms with Crippen LogP contribution in [0.1, 0.15) is 33.1 Å². The Bertz CT molecular complexity index is 259. The second-order valence-corrected chi connectivity index (χ2v) is 4.89. The molecule has 0 radical (unpaired) electrons. The van der Waals surface area contributed by atoms with Crippen LogP contribution in [0.25, 0.3) is 0 Å². The van der Waals surface area contributed by atoms with Gasteiger partial charge in [0.15, 0.2) is 0 Å². The van der Waals surface area contributed by atoms with E-state index >= 15 is 0 Å². The standard InChI is InChI=1S/C11H23N3O2S/c1-7(2)9(13)10(15)14-8(11(16)17)5-3-4-6-12/h7-9H,3-6,12-13H2,1-2H3,(H,14,15)(H,16,17)/t8-,9-/m0/s1. The number of nitrogens with two attached hydrogens (primary N) is 2. The van der Waals surface area contributed by atoms with E-state index in [0.717, 1.165) is 12.8 Å². The van der Waals surface area contributed by atoms with Crippen LogP contribution in [-0.4, -0.2) is 29.7 Å². The highest BCUT2D eigenvalue weighted by Crippen LogP contribution is 2.05. The fourth-order valence-electron chi connectivity index (χ4n) is 1.32. The van der Waals surface area contributed by atoms with Crippen LogP contribution in [0.5, 0.6) is 0 Å². The molecule has 0 rings (SSSR count).